The molecular formula is C21H23N5O4. The Bertz CT molecular complexity index is 1190. The van der Waals surface area contributed by atoms with Crippen LogP contribution in [0.15, 0.2) is 29.1 Å². The van der Waals surface area contributed by atoms with Crippen LogP contribution in [-0.4, -0.2) is 32.0 Å². The highest BCUT2D eigenvalue weighted by atomic mass is 16.7. The Morgan fingerprint density at radius 3 is 2.63 bits per heavy atom. The topological polar surface area (TPSA) is 100 Å². The first-order valence-corrected chi connectivity index (χ1v) is 9.60. The third-order valence-corrected chi connectivity index (χ3v) is 5.05. The summed E-state index contributed by atoms with van der Waals surface area (Å²) in [5.41, 5.74) is 3.36. The molecule has 0 spiro atoms. The summed E-state index contributed by atoms with van der Waals surface area (Å²) >= 11 is 0. The largest absolute Gasteiger partial charge is 0.454 e. The Morgan fingerprint density at radius 2 is 1.90 bits per heavy atom. The molecule has 9 heteroatoms. The number of aryl methyl sites for hydroxylation is 3. The SMILES string of the molecule is Cc1cc(C)n(-c2nc(C)c(C)c(=O)n2CC(=O)NCc2ccc3c(c2)OCO3)n1. The van der Waals surface area contributed by atoms with E-state index in [1.54, 1.807) is 18.5 Å². The van der Waals surface area contributed by atoms with Crippen LogP contribution in [0.4, 0.5) is 0 Å². The van der Waals surface area contributed by atoms with Crippen molar-refractivity contribution >= 4 is 5.91 Å². The zero-order valence-electron chi connectivity index (χ0n) is 17.4. The number of ether oxygens (including phenoxy) is 2. The molecular weight excluding hydrogens is 386 g/mol. The van der Waals surface area contributed by atoms with Gasteiger partial charge in [0.1, 0.15) is 6.54 Å². The zero-order valence-corrected chi connectivity index (χ0v) is 17.4. The van der Waals surface area contributed by atoms with Crippen molar-refractivity contribution in [1.29, 1.82) is 0 Å². The maximum Gasteiger partial charge on any atom is 0.258 e. The third-order valence-electron chi connectivity index (χ3n) is 5.05. The van der Waals surface area contributed by atoms with Gasteiger partial charge in [0.25, 0.3) is 5.56 Å². The number of hydrogen-bond acceptors (Lipinski definition) is 6. The van der Waals surface area contributed by atoms with E-state index in [0.717, 1.165) is 17.0 Å². The first-order valence-electron chi connectivity index (χ1n) is 9.60. The lowest BCUT2D eigenvalue weighted by atomic mass is 10.2. The summed E-state index contributed by atoms with van der Waals surface area (Å²) in [4.78, 5) is 30.1. The molecule has 0 atom stereocenters. The van der Waals surface area contributed by atoms with Gasteiger partial charge in [0.05, 0.1) is 5.69 Å². The van der Waals surface area contributed by atoms with E-state index in [2.05, 4.69) is 15.4 Å². The minimum Gasteiger partial charge on any atom is -0.454 e. The van der Waals surface area contributed by atoms with Crippen molar-refractivity contribution in [2.24, 2.45) is 0 Å². The molecule has 1 aliphatic rings. The zero-order chi connectivity index (χ0) is 21.4. The monoisotopic (exact) mass is 409 g/mol. The highest BCUT2D eigenvalue weighted by molar-refractivity contribution is 5.76. The van der Waals surface area contributed by atoms with Crippen LogP contribution in [0, 0.1) is 27.7 Å². The first-order chi connectivity index (χ1) is 14.3. The lowest BCUT2D eigenvalue weighted by Crippen LogP contribution is -2.36. The highest BCUT2D eigenvalue weighted by Gasteiger charge is 2.18. The van der Waals surface area contributed by atoms with E-state index in [0.29, 0.717) is 35.2 Å². The number of nitrogens with one attached hydrogen (secondary N) is 1. The fraction of sp³-hybridized carbons (Fsp3) is 0.333. The Labute approximate surface area is 173 Å². The number of hydrogen-bond donors (Lipinski definition) is 1. The van der Waals surface area contributed by atoms with E-state index in [-0.39, 0.29) is 24.8 Å². The second-order valence-corrected chi connectivity index (χ2v) is 7.32. The van der Waals surface area contributed by atoms with E-state index in [1.165, 1.54) is 4.57 Å². The molecule has 1 aromatic carbocycles. The Morgan fingerprint density at radius 1 is 1.13 bits per heavy atom. The predicted molar refractivity (Wildman–Crippen MR) is 109 cm³/mol. The minimum absolute atomic E-state index is 0.162. The second kappa shape index (κ2) is 7.66. The quantitative estimate of drug-likeness (QED) is 0.689. The van der Waals surface area contributed by atoms with Crippen LogP contribution in [0.2, 0.25) is 0 Å². The number of fused-ring (bicyclic) bond motifs is 1. The summed E-state index contributed by atoms with van der Waals surface area (Å²) in [6, 6.07) is 7.39. The molecule has 0 fully saturated rings. The molecule has 30 heavy (non-hydrogen) atoms. The molecule has 0 saturated heterocycles. The molecule has 0 aliphatic carbocycles. The number of aromatic nitrogens is 4. The third kappa shape index (κ3) is 3.66. The number of rotatable bonds is 5. The average Bonchev–Trinajstić information content (AvgIpc) is 3.31. The number of benzene rings is 1. The maximum absolute atomic E-state index is 12.9. The summed E-state index contributed by atoms with van der Waals surface area (Å²) in [6.45, 7) is 7.56. The smallest absolute Gasteiger partial charge is 0.258 e. The number of nitrogens with zero attached hydrogens (tertiary/aromatic N) is 4. The summed E-state index contributed by atoms with van der Waals surface area (Å²) in [6.07, 6.45) is 0. The molecule has 0 unspecified atom stereocenters. The van der Waals surface area contributed by atoms with E-state index >= 15 is 0 Å². The van der Waals surface area contributed by atoms with Gasteiger partial charge in [-0.05, 0) is 51.5 Å². The van der Waals surface area contributed by atoms with Gasteiger partial charge in [-0.15, -0.1) is 0 Å². The van der Waals surface area contributed by atoms with Crippen molar-refractivity contribution < 1.29 is 14.3 Å². The van der Waals surface area contributed by atoms with Crippen LogP contribution in [-0.2, 0) is 17.9 Å². The van der Waals surface area contributed by atoms with Gasteiger partial charge >= 0.3 is 0 Å². The summed E-state index contributed by atoms with van der Waals surface area (Å²) in [5.74, 6) is 1.37. The average molecular weight is 409 g/mol. The van der Waals surface area contributed by atoms with Gasteiger partial charge in [0, 0.05) is 23.5 Å². The molecule has 3 aromatic rings. The number of carbonyl (C=O) groups excluding carboxylic acids is 1. The van der Waals surface area contributed by atoms with E-state index < -0.39 is 0 Å². The molecule has 1 amide bonds. The molecule has 156 valence electrons. The molecule has 2 aromatic heterocycles. The summed E-state index contributed by atoms with van der Waals surface area (Å²) in [5, 5.41) is 7.27. The van der Waals surface area contributed by atoms with Crippen LogP contribution >= 0.6 is 0 Å². The summed E-state index contributed by atoms with van der Waals surface area (Å²) < 4.78 is 13.6. The predicted octanol–water partition coefficient (Wildman–Crippen LogP) is 1.71. The molecule has 0 radical (unpaired) electrons. The molecule has 9 nitrogen and oxygen atoms in total. The van der Waals surface area contributed by atoms with Crippen LogP contribution < -0.4 is 20.3 Å². The van der Waals surface area contributed by atoms with E-state index in [1.807, 2.05) is 38.1 Å². The van der Waals surface area contributed by atoms with E-state index in [9.17, 15) is 9.59 Å². The van der Waals surface area contributed by atoms with Gasteiger partial charge in [-0.1, -0.05) is 6.07 Å². The van der Waals surface area contributed by atoms with Gasteiger partial charge in [0.15, 0.2) is 11.5 Å². The van der Waals surface area contributed by atoms with Gasteiger partial charge in [-0.25, -0.2) is 9.67 Å². The van der Waals surface area contributed by atoms with Crippen molar-refractivity contribution in [3.63, 3.8) is 0 Å². The second-order valence-electron chi connectivity index (χ2n) is 7.32. The van der Waals surface area contributed by atoms with Crippen molar-refractivity contribution in [3.05, 3.63) is 62.8 Å². The van der Waals surface area contributed by atoms with Crippen LogP contribution in [0.5, 0.6) is 11.5 Å². The molecule has 0 saturated carbocycles. The standard InChI is InChI=1S/C21H23N5O4/c1-12-7-13(2)26(24-12)21-23-15(4)14(3)20(28)25(21)10-19(27)22-9-16-5-6-17-18(8-16)30-11-29-17/h5-8H,9-11H2,1-4H3,(H,22,27). The van der Waals surface area contributed by atoms with Gasteiger partial charge in [-0.2, -0.15) is 5.10 Å². The molecule has 4 rings (SSSR count). The lowest BCUT2D eigenvalue weighted by Gasteiger charge is -2.15. The van der Waals surface area contributed by atoms with Gasteiger partial charge in [0.2, 0.25) is 18.6 Å². The highest BCUT2D eigenvalue weighted by Crippen LogP contribution is 2.32. The van der Waals surface area contributed by atoms with Crippen LogP contribution in [0.25, 0.3) is 5.95 Å². The fourth-order valence-corrected chi connectivity index (χ4v) is 3.33. The first kappa shape index (κ1) is 19.7. The summed E-state index contributed by atoms with van der Waals surface area (Å²) in [7, 11) is 0. The number of carbonyl (C=O) groups is 1. The molecule has 0 bridgehead atoms. The van der Waals surface area contributed by atoms with Crippen molar-refractivity contribution in [1.82, 2.24) is 24.6 Å². The fourth-order valence-electron chi connectivity index (χ4n) is 3.33. The Balaban J connectivity index is 1.57. The van der Waals surface area contributed by atoms with Crippen molar-refractivity contribution in [2.75, 3.05) is 6.79 Å². The Hall–Kier alpha value is -3.62. The van der Waals surface area contributed by atoms with Crippen LogP contribution in [0.1, 0.15) is 28.2 Å². The van der Waals surface area contributed by atoms with Crippen molar-refractivity contribution in [2.45, 2.75) is 40.8 Å². The minimum atomic E-state index is -0.303. The van der Waals surface area contributed by atoms with Crippen molar-refractivity contribution in [3.8, 4) is 17.4 Å². The maximum atomic E-state index is 12.9. The lowest BCUT2D eigenvalue weighted by molar-refractivity contribution is -0.121. The van der Waals surface area contributed by atoms with Gasteiger partial charge < -0.3 is 14.8 Å². The van der Waals surface area contributed by atoms with Gasteiger partial charge in [-0.3, -0.25) is 14.2 Å². The molecule has 1 aliphatic heterocycles. The molecule has 1 N–H and O–H groups in total. The van der Waals surface area contributed by atoms with Crippen LogP contribution in [0.3, 0.4) is 0 Å². The number of amides is 1. The Kier molecular flexibility index (Phi) is 5.03. The molecule has 3 heterocycles. The normalized spacial score (nSPS) is 12.3. The van der Waals surface area contributed by atoms with E-state index in [4.69, 9.17) is 9.47 Å².